The standard InChI is InChI=1S/C25H33N3O2/c29-25(23-8-10-24(11-9-23)28-14-16-30-17-15-28)26-19-21-6-5-7-22(18-21)20-27-12-3-1-2-4-13-27/h5-11,18H,1-4,12-17,19-20H2,(H,26,29). The third-order valence-electron chi connectivity index (χ3n) is 6.06. The van der Waals surface area contributed by atoms with E-state index >= 15 is 0 Å². The van der Waals surface area contributed by atoms with Crippen LogP contribution in [0.2, 0.25) is 0 Å². The molecule has 0 atom stereocenters. The summed E-state index contributed by atoms with van der Waals surface area (Å²) in [7, 11) is 0. The molecule has 30 heavy (non-hydrogen) atoms. The molecule has 5 heteroatoms. The van der Waals surface area contributed by atoms with Gasteiger partial charge in [-0.3, -0.25) is 9.69 Å². The minimum atomic E-state index is -0.0264. The number of anilines is 1. The molecule has 2 aromatic carbocycles. The van der Waals surface area contributed by atoms with Gasteiger partial charge in [-0.2, -0.15) is 0 Å². The second-order valence-corrected chi connectivity index (χ2v) is 8.34. The Labute approximate surface area is 180 Å². The normalized spacial score (nSPS) is 18.1. The lowest BCUT2D eigenvalue weighted by Crippen LogP contribution is -2.36. The average Bonchev–Trinajstić information content (AvgIpc) is 3.07. The van der Waals surface area contributed by atoms with Crippen LogP contribution in [0.1, 0.15) is 47.2 Å². The largest absolute Gasteiger partial charge is 0.378 e. The first kappa shape index (κ1) is 20.9. The summed E-state index contributed by atoms with van der Waals surface area (Å²) >= 11 is 0. The molecule has 0 spiro atoms. The van der Waals surface area contributed by atoms with E-state index < -0.39 is 0 Å². The fraction of sp³-hybridized carbons (Fsp3) is 0.480. The summed E-state index contributed by atoms with van der Waals surface area (Å²) in [6.45, 7) is 7.28. The Morgan fingerprint density at radius 1 is 0.867 bits per heavy atom. The van der Waals surface area contributed by atoms with Crippen LogP contribution in [0.15, 0.2) is 48.5 Å². The fourth-order valence-electron chi connectivity index (χ4n) is 4.32. The lowest BCUT2D eigenvalue weighted by atomic mass is 10.1. The van der Waals surface area contributed by atoms with Gasteiger partial charge < -0.3 is 15.0 Å². The van der Waals surface area contributed by atoms with Gasteiger partial charge in [-0.05, 0) is 61.3 Å². The minimum Gasteiger partial charge on any atom is -0.378 e. The van der Waals surface area contributed by atoms with Gasteiger partial charge in [0, 0.05) is 37.4 Å². The number of hydrogen-bond donors (Lipinski definition) is 1. The molecular formula is C25H33N3O2. The fourth-order valence-corrected chi connectivity index (χ4v) is 4.32. The van der Waals surface area contributed by atoms with Gasteiger partial charge in [0.2, 0.25) is 0 Å². The number of nitrogens with one attached hydrogen (secondary N) is 1. The van der Waals surface area contributed by atoms with Crippen molar-refractivity contribution in [2.75, 3.05) is 44.3 Å². The maximum absolute atomic E-state index is 12.6. The van der Waals surface area contributed by atoms with Gasteiger partial charge in [0.1, 0.15) is 0 Å². The van der Waals surface area contributed by atoms with Gasteiger partial charge in [0.15, 0.2) is 0 Å². The molecule has 0 unspecified atom stereocenters. The van der Waals surface area contributed by atoms with Crippen molar-refractivity contribution in [2.24, 2.45) is 0 Å². The monoisotopic (exact) mass is 407 g/mol. The van der Waals surface area contributed by atoms with E-state index in [2.05, 4.69) is 39.4 Å². The van der Waals surface area contributed by atoms with Gasteiger partial charge in [0.05, 0.1) is 13.2 Å². The summed E-state index contributed by atoms with van der Waals surface area (Å²) in [5.41, 5.74) is 4.34. The molecule has 0 aliphatic carbocycles. The van der Waals surface area contributed by atoms with Crippen molar-refractivity contribution in [3.63, 3.8) is 0 Å². The van der Waals surface area contributed by atoms with E-state index in [1.807, 2.05) is 24.3 Å². The number of carbonyl (C=O) groups excluding carboxylic acids is 1. The Hall–Kier alpha value is -2.37. The Morgan fingerprint density at radius 2 is 1.57 bits per heavy atom. The van der Waals surface area contributed by atoms with Crippen LogP contribution in [0.5, 0.6) is 0 Å². The molecule has 2 aliphatic heterocycles. The molecule has 2 saturated heterocycles. The topological polar surface area (TPSA) is 44.8 Å². The van der Waals surface area contributed by atoms with E-state index in [4.69, 9.17) is 4.74 Å². The van der Waals surface area contributed by atoms with Crippen LogP contribution in [0, 0.1) is 0 Å². The number of rotatable bonds is 6. The summed E-state index contributed by atoms with van der Waals surface area (Å²) in [4.78, 5) is 17.4. The number of benzene rings is 2. The molecule has 5 nitrogen and oxygen atoms in total. The molecule has 0 bridgehead atoms. The third-order valence-corrected chi connectivity index (χ3v) is 6.06. The molecule has 2 fully saturated rings. The number of hydrogen-bond acceptors (Lipinski definition) is 4. The van der Waals surface area contributed by atoms with Gasteiger partial charge in [-0.1, -0.05) is 37.1 Å². The number of likely N-dealkylation sites (tertiary alicyclic amines) is 1. The van der Waals surface area contributed by atoms with Crippen molar-refractivity contribution in [1.29, 1.82) is 0 Å². The third kappa shape index (κ3) is 5.83. The Bertz CT molecular complexity index is 807. The summed E-state index contributed by atoms with van der Waals surface area (Å²) in [6, 6.07) is 16.5. The van der Waals surface area contributed by atoms with Gasteiger partial charge in [0.25, 0.3) is 5.91 Å². The van der Waals surface area contributed by atoms with Crippen molar-refractivity contribution in [3.8, 4) is 0 Å². The molecule has 2 heterocycles. The highest BCUT2D eigenvalue weighted by Crippen LogP contribution is 2.17. The first-order chi connectivity index (χ1) is 14.8. The molecule has 2 aromatic rings. The summed E-state index contributed by atoms with van der Waals surface area (Å²) in [6.07, 6.45) is 5.33. The molecule has 2 aliphatic rings. The molecule has 160 valence electrons. The zero-order valence-corrected chi connectivity index (χ0v) is 17.8. The van der Waals surface area contributed by atoms with E-state index in [1.54, 1.807) is 0 Å². The van der Waals surface area contributed by atoms with E-state index in [0.717, 1.165) is 44.1 Å². The van der Waals surface area contributed by atoms with Crippen LogP contribution in [0.3, 0.4) is 0 Å². The van der Waals surface area contributed by atoms with Crippen LogP contribution >= 0.6 is 0 Å². The maximum Gasteiger partial charge on any atom is 0.251 e. The number of morpholine rings is 1. The second kappa shape index (κ2) is 10.6. The maximum atomic E-state index is 12.6. The highest BCUT2D eigenvalue weighted by atomic mass is 16.5. The first-order valence-corrected chi connectivity index (χ1v) is 11.3. The zero-order valence-electron chi connectivity index (χ0n) is 17.8. The molecule has 0 saturated carbocycles. The first-order valence-electron chi connectivity index (χ1n) is 11.3. The smallest absolute Gasteiger partial charge is 0.251 e. The number of ether oxygens (including phenoxy) is 1. The quantitative estimate of drug-likeness (QED) is 0.791. The van der Waals surface area contributed by atoms with Crippen LogP contribution < -0.4 is 10.2 Å². The van der Waals surface area contributed by atoms with Gasteiger partial charge in [-0.15, -0.1) is 0 Å². The lowest BCUT2D eigenvalue weighted by Gasteiger charge is -2.28. The average molecular weight is 408 g/mol. The summed E-state index contributed by atoms with van der Waals surface area (Å²) < 4.78 is 5.41. The van der Waals surface area contributed by atoms with Crippen LogP contribution in [0.4, 0.5) is 5.69 Å². The van der Waals surface area contributed by atoms with Crippen LogP contribution in [0.25, 0.3) is 0 Å². The predicted octanol–water partition coefficient (Wildman–Crippen LogP) is 3.83. The van der Waals surface area contributed by atoms with Crippen LogP contribution in [-0.4, -0.2) is 50.2 Å². The highest BCUT2D eigenvalue weighted by molar-refractivity contribution is 5.94. The van der Waals surface area contributed by atoms with Crippen molar-refractivity contribution >= 4 is 11.6 Å². The van der Waals surface area contributed by atoms with Crippen molar-refractivity contribution in [3.05, 3.63) is 65.2 Å². The molecule has 0 aromatic heterocycles. The predicted molar refractivity (Wildman–Crippen MR) is 121 cm³/mol. The highest BCUT2D eigenvalue weighted by Gasteiger charge is 2.13. The number of nitrogens with zero attached hydrogens (tertiary/aromatic N) is 2. The summed E-state index contributed by atoms with van der Waals surface area (Å²) in [5, 5.41) is 3.07. The van der Waals surface area contributed by atoms with E-state index in [9.17, 15) is 4.79 Å². The Morgan fingerprint density at radius 3 is 2.30 bits per heavy atom. The van der Waals surface area contributed by atoms with Crippen molar-refractivity contribution < 1.29 is 9.53 Å². The van der Waals surface area contributed by atoms with Gasteiger partial charge >= 0.3 is 0 Å². The van der Waals surface area contributed by atoms with Crippen molar-refractivity contribution in [2.45, 2.75) is 38.8 Å². The zero-order chi connectivity index (χ0) is 20.6. The SMILES string of the molecule is O=C(NCc1cccc(CN2CCCCCC2)c1)c1ccc(N2CCOCC2)cc1. The number of amides is 1. The lowest BCUT2D eigenvalue weighted by molar-refractivity contribution is 0.0951. The molecule has 0 radical (unpaired) electrons. The number of carbonyl (C=O) groups is 1. The minimum absolute atomic E-state index is 0.0264. The van der Waals surface area contributed by atoms with E-state index in [-0.39, 0.29) is 5.91 Å². The Kier molecular flexibility index (Phi) is 7.38. The van der Waals surface area contributed by atoms with E-state index in [0.29, 0.717) is 12.1 Å². The molecular weight excluding hydrogens is 374 g/mol. The van der Waals surface area contributed by atoms with E-state index in [1.165, 1.54) is 44.3 Å². The van der Waals surface area contributed by atoms with Crippen molar-refractivity contribution in [1.82, 2.24) is 10.2 Å². The van der Waals surface area contributed by atoms with Gasteiger partial charge in [-0.25, -0.2) is 0 Å². The summed E-state index contributed by atoms with van der Waals surface area (Å²) in [5.74, 6) is -0.0264. The molecule has 1 N–H and O–H groups in total. The second-order valence-electron chi connectivity index (χ2n) is 8.34. The molecule has 4 rings (SSSR count). The van der Waals surface area contributed by atoms with Crippen LogP contribution in [-0.2, 0) is 17.8 Å². The molecule has 1 amide bonds. The Balaban J connectivity index is 1.30.